The van der Waals surface area contributed by atoms with Gasteiger partial charge in [-0.15, -0.1) is 0 Å². The summed E-state index contributed by atoms with van der Waals surface area (Å²) in [6.45, 7) is 5.11. The Hall–Kier alpha value is -1.35. The predicted molar refractivity (Wildman–Crippen MR) is 96.7 cm³/mol. The Bertz CT molecular complexity index is 548. The van der Waals surface area contributed by atoms with Crippen molar-refractivity contribution in [1.29, 1.82) is 0 Å². The van der Waals surface area contributed by atoms with E-state index in [1.54, 1.807) is 7.11 Å². The molecule has 2 fully saturated rings. The number of hydrogen-bond donors (Lipinski definition) is 0. The minimum absolute atomic E-state index is 0.194. The van der Waals surface area contributed by atoms with Gasteiger partial charge < -0.3 is 9.64 Å². The lowest BCUT2D eigenvalue weighted by atomic mass is 9.87. The molecule has 3 heteroatoms. The van der Waals surface area contributed by atoms with E-state index in [1.165, 1.54) is 24.8 Å². The maximum atomic E-state index is 13.2. The molecule has 1 amide bonds. The SMILES string of the molecule is COC(C)(C)C1CC(c2ccccc2)N(C(=O)C2CCCCC2)C1. The van der Waals surface area contributed by atoms with E-state index in [-0.39, 0.29) is 17.6 Å². The second kappa shape index (κ2) is 7.26. The number of methoxy groups -OCH3 is 1. The van der Waals surface area contributed by atoms with Crippen molar-refractivity contribution < 1.29 is 9.53 Å². The summed E-state index contributed by atoms with van der Waals surface area (Å²) in [5.74, 6) is 0.979. The highest BCUT2D eigenvalue weighted by molar-refractivity contribution is 5.79. The zero-order chi connectivity index (χ0) is 17.2. The fraction of sp³-hybridized carbons (Fsp3) is 0.667. The third-order valence-electron chi connectivity index (χ3n) is 6.23. The first-order chi connectivity index (χ1) is 11.5. The third-order valence-corrected chi connectivity index (χ3v) is 6.23. The first-order valence-electron chi connectivity index (χ1n) is 9.43. The maximum absolute atomic E-state index is 13.2. The van der Waals surface area contributed by atoms with Crippen molar-refractivity contribution in [2.75, 3.05) is 13.7 Å². The van der Waals surface area contributed by atoms with Gasteiger partial charge >= 0.3 is 0 Å². The normalized spacial score (nSPS) is 25.9. The summed E-state index contributed by atoms with van der Waals surface area (Å²) in [7, 11) is 1.78. The quantitative estimate of drug-likeness (QED) is 0.809. The van der Waals surface area contributed by atoms with Gasteiger partial charge in [0.2, 0.25) is 5.91 Å². The summed E-state index contributed by atoms with van der Waals surface area (Å²) in [5, 5.41) is 0. The van der Waals surface area contributed by atoms with Gasteiger partial charge in [-0.2, -0.15) is 0 Å². The molecule has 1 saturated heterocycles. The van der Waals surface area contributed by atoms with Crippen LogP contribution < -0.4 is 0 Å². The highest BCUT2D eigenvalue weighted by Crippen LogP contribution is 2.42. The monoisotopic (exact) mass is 329 g/mol. The van der Waals surface area contributed by atoms with Crippen LogP contribution in [-0.4, -0.2) is 30.1 Å². The van der Waals surface area contributed by atoms with E-state index in [2.05, 4.69) is 43.0 Å². The molecular formula is C21H31NO2. The van der Waals surface area contributed by atoms with Crippen molar-refractivity contribution >= 4 is 5.91 Å². The number of benzene rings is 1. The second-order valence-electron chi connectivity index (χ2n) is 7.99. The van der Waals surface area contributed by atoms with Gasteiger partial charge in [-0.05, 0) is 38.7 Å². The number of likely N-dealkylation sites (tertiary alicyclic amines) is 1. The maximum Gasteiger partial charge on any atom is 0.226 e. The molecule has 1 aliphatic carbocycles. The predicted octanol–water partition coefficient (Wildman–Crippen LogP) is 4.58. The van der Waals surface area contributed by atoms with Gasteiger partial charge in [0.05, 0.1) is 11.6 Å². The molecule has 0 spiro atoms. The number of hydrogen-bond acceptors (Lipinski definition) is 2. The first-order valence-corrected chi connectivity index (χ1v) is 9.43. The van der Waals surface area contributed by atoms with Gasteiger partial charge in [-0.3, -0.25) is 4.79 Å². The van der Waals surface area contributed by atoms with Gasteiger partial charge in [0.1, 0.15) is 0 Å². The standard InChI is InChI=1S/C21H31NO2/c1-21(2,24-3)18-14-19(16-10-6-4-7-11-16)22(15-18)20(23)17-12-8-5-9-13-17/h4,6-7,10-11,17-19H,5,8-9,12-15H2,1-3H3. The highest BCUT2D eigenvalue weighted by Gasteiger charge is 2.44. The average Bonchev–Trinajstić information content (AvgIpc) is 3.09. The molecule has 0 aromatic heterocycles. The molecule has 1 aromatic carbocycles. The Morgan fingerprint density at radius 3 is 2.42 bits per heavy atom. The summed E-state index contributed by atoms with van der Waals surface area (Å²) in [5.41, 5.74) is 1.06. The van der Waals surface area contributed by atoms with Crippen LogP contribution in [0.25, 0.3) is 0 Å². The number of amides is 1. The molecular weight excluding hydrogens is 298 g/mol. The summed E-state index contributed by atoms with van der Waals surface area (Å²) in [6, 6.07) is 10.7. The van der Waals surface area contributed by atoms with Crippen LogP contribution in [0, 0.1) is 11.8 Å². The van der Waals surface area contributed by atoms with Gasteiger partial charge in [0.25, 0.3) is 0 Å². The largest absolute Gasteiger partial charge is 0.378 e. The van der Waals surface area contributed by atoms with Crippen LogP contribution in [-0.2, 0) is 9.53 Å². The molecule has 0 N–H and O–H groups in total. The molecule has 2 aliphatic rings. The van der Waals surface area contributed by atoms with E-state index in [0.29, 0.717) is 11.8 Å². The minimum atomic E-state index is -0.200. The van der Waals surface area contributed by atoms with Crippen LogP contribution in [0.3, 0.4) is 0 Å². The van der Waals surface area contributed by atoms with Crippen molar-refractivity contribution in [3.8, 4) is 0 Å². The molecule has 24 heavy (non-hydrogen) atoms. The number of nitrogens with zero attached hydrogens (tertiary/aromatic N) is 1. The number of rotatable bonds is 4. The van der Waals surface area contributed by atoms with Crippen molar-refractivity contribution in [3.63, 3.8) is 0 Å². The number of carbonyl (C=O) groups excluding carboxylic acids is 1. The van der Waals surface area contributed by atoms with E-state index in [9.17, 15) is 4.79 Å². The lowest BCUT2D eigenvalue weighted by Gasteiger charge is -2.32. The number of carbonyl (C=O) groups is 1. The Morgan fingerprint density at radius 2 is 1.79 bits per heavy atom. The fourth-order valence-electron chi connectivity index (χ4n) is 4.33. The molecule has 1 saturated carbocycles. The van der Waals surface area contributed by atoms with E-state index in [0.717, 1.165) is 25.8 Å². The summed E-state index contributed by atoms with van der Waals surface area (Å²) in [4.78, 5) is 15.4. The van der Waals surface area contributed by atoms with E-state index in [1.807, 2.05) is 6.07 Å². The van der Waals surface area contributed by atoms with Crippen LogP contribution in [0.4, 0.5) is 0 Å². The van der Waals surface area contributed by atoms with Crippen molar-refractivity contribution in [1.82, 2.24) is 4.90 Å². The molecule has 1 heterocycles. The van der Waals surface area contributed by atoms with Crippen LogP contribution in [0.15, 0.2) is 30.3 Å². The van der Waals surface area contributed by atoms with Gasteiger partial charge in [0, 0.05) is 25.5 Å². The van der Waals surface area contributed by atoms with E-state index >= 15 is 0 Å². The smallest absolute Gasteiger partial charge is 0.226 e. The average molecular weight is 329 g/mol. The van der Waals surface area contributed by atoms with Crippen molar-refractivity contribution in [3.05, 3.63) is 35.9 Å². The zero-order valence-corrected chi connectivity index (χ0v) is 15.3. The molecule has 1 aromatic rings. The lowest BCUT2D eigenvalue weighted by Crippen LogP contribution is -2.40. The van der Waals surface area contributed by atoms with Crippen LogP contribution in [0.5, 0.6) is 0 Å². The zero-order valence-electron chi connectivity index (χ0n) is 15.3. The Balaban J connectivity index is 1.84. The molecule has 0 bridgehead atoms. The van der Waals surface area contributed by atoms with Crippen LogP contribution in [0.1, 0.15) is 64.0 Å². The summed E-state index contributed by atoms with van der Waals surface area (Å²) >= 11 is 0. The molecule has 0 radical (unpaired) electrons. The first kappa shape index (κ1) is 17.5. The Labute approximate surface area is 146 Å². The molecule has 2 atom stereocenters. The summed E-state index contributed by atoms with van der Waals surface area (Å²) in [6.07, 6.45) is 6.80. The van der Waals surface area contributed by atoms with Gasteiger partial charge in [-0.1, -0.05) is 49.6 Å². The topological polar surface area (TPSA) is 29.5 Å². The van der Waals surface area contributed by atoms with Gasteiger partial charge in [-0.25, -0.2) is 0 Å². The molecule has 2 unspecified atom stereocenters. The Kier molecular flexibility index (Phi) is 5.29. The van der Waals surface area contributed by atoms with Crippen molar-refractivity contribution in [2.45, 2.75) is 64.0 Å². The van der Waals surface area contributed by atoms with Crippen molar-refractivity contribution in [2.24, 2.45) is 11.8 Å². The highest BCUT2D eigenvalue weighted by atomic mass is 16.5. The molecule has 132 valence electrons. The van der Waals surface area contributed by atoms with E-state index < -0.39 is 0 Å². The van der Waals surface area contributed by atoms with Crippen LogP contribution >= 0.6 is 0 Å². The summed E-state index contributed by atoms with van der Waals surface area (Å²) < 4.78 is 5.74. The minimum Gasteiger partial charge on any atom is -0.378 e. The van der Waals surface area contributed by atoms with Gasteiger partial charge in [0.15, 0.2) is 0 Å². The Morgan fingerprint density at radius 1 is 1.12 bits per heavy atom. The lowest BCUT2D eigenvalue weighted by molar-refractivity contribution is -0.138. The fourth-order valence-corrected chi connectivity index (χ4v) is 4.33. The number of ether oxygens (including phenoxy) is 1. The second-order valence-corrected chi connectivity index (χ2v) is 7.99. The van der Waals surface area contributed by atoms with Crippen LogP contribution in [0.2, 0.25) is 0 Å². The molecule has 1 aliphatic heterocycles. The third kappa shape index (κ3) is 3.51. The van der Waals surface area contributed by atoms with E-state index in [4.69, 9.17) is 4.74 Å². The molecule has 3 nitrogen and oxygen atoms in total. The molecule has 3 rings (SSSR count).